The van der Waals surface area contributed by atoms with Gasteiger partial charge >= 0.3 is 0 Å². The second kappa shape index (κ2) is 11.9. The number of pyridine rings is 1. The maximum absolute atomic E-state index is 10.0. The number of hydrogen-bond acceptors (Lipinski definition) is 3. The number of aliphatic hydroxyl groups excluding tert-OH is 1. The van der Waals surface area contributed by atoms with Crippen molar-refractivity contribution >= 4 is 49.0 Å². The van der Waals surface area contributed by atoms with E-state index in [4.69, 9.17) is 10.1 Å². The maximum atomic E-state index is 10.0. The second-order valence-electron chi connectivity index (χ2n) is 9.95. The van der Waals surface area contributed by atoms with Crippen molar-refractivity contribution in [2.75, 3.05) is 0 Å². The smallest absolute Gasteiger partial charge is 0.155 e. The average molecular weight is 689 g/mol. The average Bonchev–Trinajstić information content (AvgIpc) is 2.91. The maximum Gasteiger partial charge on any atom is 0.155 e. The van der Waals surface area contributed by atoms with Crippen LogP contribution in [0.15, 0.2) is 103 Å². The first-order chi connectivity index (χ1) is 18.3. The number of allylic oxidation sites excluding steroid dienone is 2. The molecule has 6 rings (SSSR count). The van der Waals surface area contributed by atoms with Gasteiger partial charge in [-0.3, -0.25) is 9.78 Å². The molecule has 0 fully saturated rings. The summed E-state index contributed by atoms with van der Waals surface area (Å²) in [6.45, 7) is 7.33. The van der Waals surface area contributed by atoms with Crippen LogP contribution in [0.2, 0.25) is 0 Å². The fraction of sp³-hybridized carbons (Fsp3) is 0.143. The topological polar surface area (TPSA) is 50.2 Å². The number of fused-ring (bicyclic) bond motifs is 6. The van der Waals surface area contributed by atoms with E-state index in [0.29, 0.717) is 5.92 Å². The molecule has 0 atom stereocenters. The van der Waals surface area contributed by atoms with Gasteiger partial charge in [-0.1, -0.05) is 114 Å². The largest absolute Gasteiger partial charge is 0.512 e. The molecule has 1 aromatic heterocycles. The van der Waals surface area contributed by atoms with Crippen molar-refractivity contribution in [2.24, 2.45) is 0 Å². The van der Waals surface area contributed by atoms with E-state index in [9.17, 15) is 4.79 Å². The Balaban J connectivity index is 0.000000394. The predicted molar refractivity (Wildman–Crippen MR) is 160 cm³/mol. The van der Waals surface area contributed by atoms with Gasteiger partial charge in [0.15, 0.2) is 5.78 Å². The van der Waals surface area contributed by atoms with Crippen molar-refractivity contribution in [3.63, 3.8) is 0 Å². The van der Waals surface area contributed by atoms with Gasteiger partial charge in [-0.15, -0.1) is 17.5 Å². The molecule has 4 heteroatoms. The number of aliphatic hydroxyl groups is 1. The van der Waals surface area contributed by atoms with Crippen LogP contribution in [0.25, 0.3) is 54.5 Å². The molecule has 0 saturated heterocycles. The number of aromatic nitrogens is 1. The van der Waals surface area contributed by atoms with Crippen molar-refractivity contribution in [1.29, 1.82) is 0 Å². The summed E-state index contributed by atoms with van der Waals surface area (Å²) in [5, 5.41) is 16.9. The Labute approximate surface area is 242 Å². The fourth-order valence-corrected chi connectivity index (χ4v) is 4.91. The predicted octanol–water partition coefficient (Wildman–Crippen LogP) is 9.32. The van der Waals surface area contributed by atoms with Gasteiger partial charge in [-0.2, -0.15) is 0 Å². The Hall–Kier alpha value is -3.85. The first-order valence-corrected chi connectivity index (χ1v) is 12.9. The van der Waals surface area contributed by atoms with Gasteiger partial charge in [0.1, 0.15) is 0 Å². The molecular formula is C35H30IrNO2-. The van der Waals surface area contributed by atoms with E-state index in [2.05, 4.69) is 111 Å². The minimum Gasteiger partial charge on any atom is -0.512 e. The van der Waals surface area contributed by atoms with E-state index in [0.717, 1.165) is 22.2 Å². The van der Waals surface area contributed by atoms with Crippen molar-refractivity contribution in [3.8, 4) is 11.3 Å². The van der Waals surface area contributed by atoms with E-state index >= 15 is 0 Å². The third-order valence-corrected chi connectivity index (χ3v) is 6.72. The van der Waals surface area contributed by atoms with Gasteiger partial charge in [0.05, 0.1) is 11.3 Å². The summed E-state index contributed by atoms with van der Waals surface area (Å²) in [6, 6.07) is 36.2. The SMILES string of the molecule is CC(=O)/C=C(/C)O.CC(C)c1ccc2ccc3nc(-c4[c-]c5ccccc5c5ccccc45)ccc3c2c1.[Ir]. The van der Waals surface area contributed by atoms with Gasteiger partial charge in [-0.05, 0) is 42.2 Å². The Bertz CT molecular complexity index is 1850. The monoisotopic (exact) mass is 689 g/mol. The van der Waals surface area contributed by atoms with Crippen LogP contribution in [0.4, 0.5) is 0 Å². The molecule has 1 radical (unpaired) electrons. The number of carbonyl (C=O) groups is 1. The molecule has 1 heterocycles. The molecule has 39 heavy (non-hydrogen) atoms. The molecular weight excluding hydrogens is 659 g/mol. The van der Waals surface area contributed by atoms with Crippen LogP contribution >= 0.6 is 0 Å². The first-order valence-electron chi connectivity index (χ1n) is 12.9. The Morgan fingerprint density at radius 2 is 1.46 bits per heavy atom. The number of rotatable bonds is 3. The molecule has 197 valence electrons. The molecule has 5 aromatic carbocycles. The summed E-state index contributed by atoms with van der Waals surface area (Å²) in [7, 11) is 0. The van der Waals surface area contributed by atoms with Gasteiger partial charge in [0, 0.05) is 37.3 Å². The van der Waals surface area contributed by atoms with Gasteiger partial charge in [-0.25, -0.2) is 0 Å². The van der Waals surface area contributed by atoms with Crippen molar-refractivity contribution in [3.05, 3.63) is 114 Å². The van der Waals surface area contributed by atoms with E-state index in [1.54, 1.807) is 0 Å². The van der Waals surface area contributed by atoms with E-state index in [-0.39, 0.29) is 31.6 Å². The molecule has 0 aliphatic carbocycles. The van der Waals surface area contributed by atoms with Crippen LogP contribution in [0, 0.1) is 6.07 Å². The molecule has 0 aliphatic heterocycles. The quantitative estimate of drug-likeness (QED) is 0.0873. The molecule has 0 spiro atoms. The molecule has 0 unspecified atom stereocenters. The van der Waals surface area contributed by atoms with Gasteiger partial charge in [0.25, 0.3) is 0 Å². The zero-order valence-corrected chi connectivity index (χ0v) is 24.8. The number of carbonyl (C=O) groups excluding carboxylic acids is 1. The minimum atomic E-state index is -0.125. The molecule has 3 nitrogen and oxygen atoms in total. The molecule has 6 aromatic rings. The minimum absolute atomic E-state index is 0. The standard InChI is InChI=1S/C30H22N.C5H8O2.Ir/c1-19(2)21-12-11-20-13-15-29-26(27(20)17-21)14-16-30(31-29)28-18-22-7-3-4-8-23(22)24-9-5-6-10-25(24)28;1-4(6)3-5(2)7;/h3-17,19H,1-2H3;3,6H,1-2H3;/q-1;;/b;4-3-;. The molecule has 1 N–H and O–H groups in total. The summed E-state index contributed by atoms with van der Waals surface area (Å²) < 4.78 is 0. The summed E-state index contributed by atoms with van der Waals surface area (Å²) in [6.07, 6.45) is 1.17. The summed E-state index contributed by atoms with van der Waals surface area (Å²) in [5.74, 6) is 0.443. The van der Waals surface area contributed by atoms with E-state index < -0.39 is 0 Å². The van der Waals surface area contributed by atoms with Crippen LogP contribution < -0.4 is 0 Å². The summed E-state index contributed by atoms with van der Waals surface area (Å²) in [5.41, 5.74) is 4.41. The van der Waals surface area contributed by atoms with Crippen LogP contribution in [0.3, 0.4) is 0 Å². The molecule has 0 bridgehead atoms. The van der Waals surface area contributed by atoms with Crippen molar-refractivity contribution < 1.29 is 30.0 Å². The van der Waals surface area contributed by atoms with Gasteiger partial charge < -0.3 is 5.11 Å². The Kier molecular flexibility index (Phi) is 8.60. The number of hydrogen-bond donors (Lipinski definition) is 1. The number of benzene rings is 5. The van der Waals surface area contributed by atoms with Gasteiger partial charge in [0.2, 0.25) is 0 Å². The first kappa shape index (κ1) is 28.2. The normalized spacial score (nSPS) is 11.5. The van der Waals surface area contributed by atoms with E-state index in [1.807, 2.05) is 0 Å². The Morgan fingerprint density at radius 3 is 2.13 bits per heavy atom. The third-order valence-electron chi connectivity index (χ3n) is 6.72. The third kappa shape index (κ3) is 5.93. The summed E-state index contributed by atoms with van der Waals surface area (Å²) >= 11 is 0. The zero-order valence-electron chi connectivity index (χ0n) is 22.5. The van der Waals surface area contributed by atoms with Crippen molar-refractivity contribution in [1.82, 2.24) is 4.98 Å². The van der Waals surface area contributed by atoms with Crippen LogP contribution in [0.5, 0.6) is 0 Å². The van der Waals surface area contributed by atoms with E-state index in [1.165, 1.54) is 57.8 Å². The van der Waals surface area contributed by atoms with Crippen LogP contribution in [0.1, 0.15) is 39.2 Å². The number of nitrogens with zero attached hydrogens (tertiary/aromatic N) is 1. The molecule has 0 saturated carbocycles. The summed E-state index contributed by atoms with van der Waals surface area (Å²) in [4.78, 5) is 15.1. The van der Waals surface area contributed by atoms with Crippen LogP contribution in [-0.2, 0) is 24.9 Å². The van der Waals surface area contributed by atoms with Crippen molar-refractivity contribution in [2.45, 2.75) is 33.6 Å². The molecule has 0 aliphatic rings. The zero-order chi connectivity index (χ0) is 26.8. The van der Waals surface area contributed by atoms with Crippen LogP contribution in [-0.4, -0.2) is 15.9 Å². The fourth-order valence-electron chi connectivity index (χ4n) is 4.91. The Morgan fingerprint density at radius 1 is 0.795 bits per heavy atom. The second-order valence-corrected chi connectivity index (χ2v) is 9.95. The number of ketones is 1. The molecule has 0 amide bonds.